The first-order chi connectivity index (χ1) is 17.1. The Bertz CT molecular complexity index is 1400. The zero-order chi connectivity index (χ0) is 23.9. The summed E-state index contributed by atoms with van der Waals surface area (Å²) in [5.41, 5.74) is 3.28. The average Bonchev–Trinajstić information content (AvgIpc) is 3.39. The van der Waals surface area contributed by atoms with Crippen LogP contribution >= 0.6 is 0 Å². The van der Waals surface area contributed by atoms with Crippen LogP contribution < -0.4 is 10.2 Å². The first-order valence-corrected chi connectivity index (χ1v) is 11.6. The Morgan fingerprint density at radius 2 is 1.74 bits per heavy atom. The number of nitrogens with one attached hydrogen (secondary N) is 1. The van der Waals surface area contributed by atoms with Gasteiger partial charge >= 0.3 is 0 Å². The molecular formula is C27H23FN4O3. The molecule has 0 radical (unpaired) electrons. The first kappa shape index (κ1) is 21.5. The molecule has 7 nitrogen and oxygen atoms in total. The van der Waals surface area contributed by atoms with E-state index in [0.717, 1.165) is 27.8 Å². The van der Waals surface area contributed by atoms with Gasteiger partial charge in [-0.05, 0) is 48.0 Å². The standard InChI is InChI=1S/C27H23FN4O3/c28-20-6-8-21(9-7-20)32-24-11-10-22(12-18(24)14-29-32)31-25(33)13-23(30-27(34)19-15-35-16-19)26(31)17-4-2-1-3-5-17/h1-12,14,19,23,26H,13,15-16H2,(H,30,34)/t23-,26+/m0/s1. The van der Waals surface area contributed by atoms with Crippen LogP contribution in [0, 0.1) is 11.7 Å². The Morgan fingerprint density at radius 1 is 1.00 bits per heavy atom. The summed E-state index contributed by atoms with van der Waals surface area (Å²) >= 11 is 0. The highest BCUT2D eigenvalue weighted by Gasteiger charge is 2.43. The Morgan fingerprint density at radius 3 is 2.46 bits per heavy atom. The van der Waals surface area contributed by atoms with Crippen molar-refractivity contribution in [2.45, 2.75) is 18.5 Å². The van der Waals surface area contributed by atoms with Crippen molar-refractivity contribution in [3.8, 4) is 5.69 Å². The molecule has 2 saturated heterocycles. The number of benzene rings is 3. The van der Waals surface area contributed by atoms with Crippen LogP contribution in [0.15, 0.2) is 79.0 Å². The van der Waals surface area contributed by atoms with Crippen LogP contribution in [-0.2, 0) is 14.3 Å². The number of carbonyl (C=O) groups excluding carboxylic acids is 2. The summed E-state index contributed by atoms with van der Waals surface area (Å²) in [6.45, 7) is 0.835. The van der Waals surface area contributed by atoms with Crippen molar-refractivity contribution in [1.82, 2.24) is 15.1 Å². The molecule has 2 atom stereocenters. The number of ether oxygens (including phenoxy) is 1. The highest BCUT2D eigenvalue weighted by atomic mass is 19.1. The molecule has 6 rings (SSSR count). The minimum absolute atomic E-state index is 0.0562. The SMILES string of the molecule is O=C(N[C@H]1CC(=O)N(c2ccc3c(cnn3-c3ccc(F)cc3)c2)[C@@H]1c1ccccc1)C1COC1. The second kappa shape index (κ2) is 8.63. The Hall–Kier alpha value is -4.04. The zero-order valence-electron chi connectivity index (χ0n) is 18.8. The molecule has 0 saturated carbocycles. The lowest BCUT2D eigenvalue weighted by atomic mass is 9.98. The number of anilines is 1. The number of rotatable bonds is 5. The summed E-state index contributed by atoms with van der Waals surface area (Å²) in [6.07, 6.45) is 1.95. The van der Waals surface area contributed by atoms with Crippen LogP contribution in [-0.4, -0.2) is 40.9 Å². The van der Waals surface area contributed by atoms with Gasteiger partial charge in [-0.25, -0.2) is 9.07 Å². The molecule has 2 aliphatic heterocycles. The number of halogens is 1. The third kappa shape index (κ3) is 3.85. The van der Waals surface area contributed by atoms with Gasteiger partial charge in [-0.2, -0.15) is 5.10 Å². The molecular weight excluding hydrogens is 447 g/mol. The van der Waals surface area contributed by atoms with Crippen molar-refractivity contribution >= 4 is 28.4 Å². The smallest absolute Gasteiger partial charge is 0.229 e. The topological polar surface area (TPSA) is 76.5 Å². The van der Waals surface area contributed by atoms with Crippen molar-refractivity contribution in [2.75, 3.05) is 18.1 Å². The summed E-state index contributed by atoms with van der Waals surface area (Å²) < 4.78 is 20.3. The van der Waals surface area contributed by atoms with Gasteiger partial charge in [0.25, 0.3) is 0 Å². The predicted octanol–water partition coefficient (Wildman–Crippen LogP) is 3.77. The maximum atomic E-state index is 13.4. The zero-order valence-corrected chi connectivity index (χ0v) is 18.8. The molecule has 0 bridgehead atoms. The lowest BCUT2D eigenvalue weighted by Crippen LogP contribution is -2.47. The molecule has 176 valence electrons. The Kier molecular flexibility index (Phi) is 5.30. The third-order valence-corrected chi connectivity index (χ3v) is 6.70. The second-order valence-corrected chi connectivity index (χ2v) is 8.95. The number of hydrogen-bond acceptors (Lipinski definition) is 4. The molecule has 35 heavy (non-hydrogen) atoms. The van der Waals surface area contributed by atoms with E-state index in [0.29, 0.717) is 13.2 Å². The van der Waals surface area contributed by atoms with Crippen LogP contribution in [0.4, 0.5) is 10.1 Å². The third-order valence-electron chi connectivity index (χ3n) is 6.70. The summed E-state index contributed by atoms with van der Waals surface area (Å²) in [5, 5.41) is 8.42. The summed E-state index contributed by atoms with van der Waals surface area (Å²) in [7, 11) is 0. The van der Waals surface area contributed by atoms with E-state index in [1.54, 1.807) is 27.9 Å². The van der Waals surface area contributed by atoms with E-state index < -0.39 is 0 Å². The molecule has 1 N–H and O–H groups in total. The van der Waals surface area contributed by atoms with Gasteiger partial charge in [0.05, 0.1) is 48.6 Å². The van der Waals surface area contributed by atoms with Gasteiger partial charge < -0.3 is 15.0 Å². The number of fused-ring (bicyclic) bond motifs is 1. The largest absolute Gasteiger partial charge is 0.380 e. The lowest BCUT2D eigenvalue weighted by Gasteiger charge is -2.31. The fourth-order valence-electron chi connectivity index (χ4n) is 4.85. The normalized spacial score (nSPS) is 20.3. The molecule has 1 aromatic heterocycles. The van der Waals surface area contributed by atoms with Crippen LogP contribution in [0.5, 0.6) is 0 Å². The molecule has 0 unspecified atom stereocenters. The van der Waals surface area contributed by atoms with Crippen LogP contribution in [0.1, 0.15) is 18.0 Å². The average molecular weight is 471 g/mol. The van der Waals surface area contributed by atoms with Gasteiger partial charge in [0.1, 0.15) is 5.82 Å². The molecule has 3 heterocycles. The fraction of sp³-hybridized carbons (Fsp3) is 0.222. The van der Waals surface area contributed by atoms with Crippen LogP contribution in [0.2, 0.25) is 0 Å². The Balaban J connectivity index is 1.36. The monoisotopic (exact) mass is 470 g/mol. The number of aromatic nitrogens is 2. The second-order valence-electron chi connectivity index (χ2n) is 8.95. The van der Waals surface area contributed by atoms with Gasteiger partial charge in [0.15, 0.2) is 0 Å². The van der Waals surface area contributed by atoms with E-state index in [9.17, 15) is 14.0 Å². The van der Waals surface area contributed by atoms with E-state index in [-0.39, 0.29) is 42.1 Å². The van der Waals surface area contributed by atoms with Gasteiger partial charge in [-0.15, -0.1) is 0 Å². The minimum Gasteiger partial charge on any atom is -0.380 e. The molecule has 8 heteroatoms. The van der Waals surface area contributed by atoms with Crippen molar-refractivity contribution in [3.63, 3.8) is 0 Å². The summed E-state index contributed by atoms with van der Waals surface area (Å²) in [6, 6.07) is 20.9. The summed E-state index contributed by atoms with van der Waals surface area (Å²) in [4.78, 5) is 27.7. The van der Waals surface area contributed by atoms with Crippen molar-refractivity contribution in [3.05, 3.63) is 90.4 Å². The van der Waals surface area contributed by atoms with Crippen molar-refractivity contribution < 1.29 is 18.7 Å². The quantitative estimate of drug-likeness (QED) is 0.482. The number of hydrogen-bond donors (Lipinski definition) is 1. The lowest BCUT2D eigenvalue weighted by molar-refractivity contribution is -0.139. The minimum atomic E-state index is -0.351. The molecule has 3 aromatic carbocycles. The highest BCUT2D eigenvalue weighted by Crippen LogP contribution is 2.39. The maximum Gasteiger partial charge on any atom is 0.229 e. The number of nitrogens with zero attached hydrogens (tertiary/aromatic N) is 3. The Labute approximate surface area is 201 Å². The highest BCUT2D eigenvalue weighted by molar-refractivity contribution is 6.00. The maximum absolute atomic E-state index is 13.4. The van der Waals surface area contributed by atoms with Crippen LogP contribution in [0.3, 0.4) is 0 Å². The van der Waals surface area contributed by atoms with E-state index in [1.807, 2.05) is 48.5 Å². The molecule has 4 aromatic rings. The predicted molar refractivity (Wildman–Crippen MR) is 129 cm³/mol. The van der Waals surface area contributed by atoms with E-state index in [4.69, 9.17) is 4.74 Å². The molecule has 2 amide bonds. The van der Waals surface area contributed by atoms with Crippen molar-refractivity contribution in [1.29, 1.82) is 0 Å². The van der Waals surface area contributed by atoms with Gasteiger partial charge in [-0.3, -0.25) is 9.59 Å². The van der Waals surface area contributed by atoms with E-state index >= 15 is 0 Å². The molecule has 0 spiro atoms. The summed E-state index contributed by atoms with van der Waals surface area (Å²) in [5.74, 6) is -0.602. The van der Waals surface area contributed by atoms with E-state index in [1.165, 1.54) is 12.1 Å². The number of carbonyl (C=O) groups is 2. The van der Waals surface area contributed by atoms with Gasteiger partial charge in [-0.1, -0.05) is 30.3 Å². The first-order valence-electron chi connectivity index (χ1n) is 11.6. The van der Waals surface area contributed by atoms with Crippen molar-refractivity contribution in [2.24, 2.45) is 5.92 Å². The number of amides is 2. The van der Waals surface area contributed by atoms with E-state index in [2.05, 4.69) is 10.4 Å². The van der Waals surface area contributed by atoms with Gasteiger partial charge in [0, 0.05) is 17.5 Å². The molecule has 0 aliphatic carbocycles. The van der Waals surface area contributed by atoms with Crippen LogP contribution in [0.25, 0.3) is 16.6 Å². The fourth-order valence-corrected chi connectivity index (χ4v) is 4.85. The molecule has 2 fully saturated rings. The molecule has 2 aliphatic rings. The van der Waals surface area contributed by atoms with Gasteiger partial charge in [0.2, 0.25) is 11.8 Å².